The van der Waals surface area contributed by atoms with Gasteiger partial charge >= 0.3 is 11.9 Å². The highest BCUT2D eigenvalue weighted by Crippen LogP contribution is 2.41. The van der Waals surface area contributed by atoms with Crippen molar-refractivity contribution in [1.29, 1.82) is 0 Å². The zero-order chi connectivity index (χ0) is 60.9. The van der Waals surface area contributed by atoms with Gasteiger partial charge in [-0.25, -0.2) is 19.9 Å². The van der Waals surface area contributed by atoms with E-state index in [0.29, 0.717) is 25.7 Å². The summed E-state index contributed by atoms with van der Waals surface area (Å²) in [6, 6.07) is 19.7. The molecular formula is C74H90N8O4. The molecular weight excluding hydrogens is 1060 g/mol. The molecule has 0 aliphatic carbocycles. The Morgan fingerprint density at radius 3 is 1.42 bits per heavy atom. The second-order valence-corrected chi connectivity index (χ2v) is 24.3. The van der Waals surface area contributed by atoms with Crippen LogP contribution in [0.3, 0.4) is 0 Å². The fraction of sp³-hybridized carbons (Fsp3) is 0.432. The largest absolute Gasteiger partial charge is 0.469 e. The Morgan fingerprint density at radius 2 is 0.826 bits per heavy atom. The first-order valence-electron chi connectivity index (χ1n) is 32.0. The summed E-state index contributed by atoms with van der Waals surface area (Å²) in [5.74, 6) is -0.456. The minimum absolute atomic E-state index is 0.224. The lowest BCUT2D eigenvalue weighted by Crippen LogP contribution is -2.06. The number of nitrogens with one attached hydrogen (secondary N) is 4. The minimum Gasteiger partial charge on any atom is -0.469 e. The first kappa shape index (κ1) is 61.2. The van der Waals surface area contributed by atoms with Crippen molar-refractivity contribution in [1.82, 2.24) is 39.9 Å². The van der Waals surface area contributed by atoms with Crippen molar-refractivity contribution in [3.05, 3.63) is 139 Å². The lowest BCUT2D eigenvalue weighted by atomic mass is 9.98. The van der Waals surface area contributed by atoms with Gasteiger partial charge in [-0.2, -0.15) is 0 Å². The van der Waals surface area contributed by atoms with Crippen LogP contribution in [0.4, 0.5) is 0 Å². The molecule has 6 aromatic heterocycles. The number of aryl methyl sites for hydroxylation is 7. The van der Waals surface area contributed by atoms with Crippen molar-refractivity contribution in [3.63, 3.8) is 0 Å². The predicted molar refractivity (Wildman–Crippen MR) is 357 cm³/mol. The molecule has 10 rings (SSSR count). The maximum atomic E-state index is 13.9. The van der Waals surface area contributed by atoms with Crippen LogP contribution in [0, 0.1) is 27.7 Å². The number of H-pyrrole nitrogens is 4. The van der Waals surface area contributed by atoms with Gasteiger partial charge in [-0.15, -0.1) is 0 Å². The van der Waals surface area contributed by atoms with Gasteiger partial charge in [-0.1, -0.05) is 66.2 Å². The van der Waals surface area contributed by atoms with E-state index < -0.39 is 0 Å². The third kappa shape index (κ3) is 12.8. The molecule has 16 bridgehead atoms. The van der Waals surface area contributed by atoms with Crippen LogP contribution in [-0.2, 0) is 38.3 Å². The highest BCUT2D eigenvalue weighted by molar-refractivity contribution is 5.98. The van der Waals surface area contributed by atoms with Gasteiger partial charge in [0.15, 0.2) is 0 Å². The average Bonchev–Trinajstić information content (AvgIpc) is 2.34. The van der Waals surface area contributed by atoms with E-state index in [1.54, 1.807) is 0 Å². The molecule has 12 nitrogen and oxygen atoms in total. The topological polar surface area (TPSA) is 167 Å². The zero-order valence-corrected chi connectivity index (χ0v) is 53.6. The molecule has 0 fully saturated rings. The maximum absolute atomic E-state index is 13.9. The number of carbonyl (C=O) groups is 2. The molecule has 86 heavy (non-hydrogen) atoms. The lowest BCUT2D eigenvalue weighted by Gasteiger charge is -2.08. The van der Waals surface area contributed by atoms with E-state index in [4.69, 9.17) is 29.4 Å². The van der Waals surface area contributed by atoms with Gasteiger partial charge < -0.3 is 29.4 Å². The van der Waals surface area contributed by atoms with Crippen molar-refractivity contribution in [2.45, 2.75) is 199 Å². The molecule has 6 aromatic rings. The van der Waals surface area contributed by atoms with Gasteiger partial charge in [0.05, 0.1) is 59.3 Å². The van der Waals surface area contributed by atoms with Gasteiger partial charge in [-0.3, -0.25) is 9.59 Å². The summed E-state index contributed by atoms with van der Waals surface area (Å²) < 4.78 is 11.2. The quantitative estimate of drug-likeness (QED) is 0.0385. The van der Waals surface area contributed by atoms with Crippen LogP contribution in [0.2, 0.25) is 0 Å². The van der Waals surface area contributed by atoms with Crippen LogP contribution in [0.15, 0.2) is 54.6 Å². The molecule has 0 amide bonds. The number of fused-ring (bicyclic) bond motifs is 16. The SMILES string of the molecule is CCCCCCC1=C(C)c2cc3nc(cc4[nH]c(cc5[nH]c(cc1n2)c(C)c5CCC(=O)OC)c(C)c4CCCCCC)C(C)=C3CCCOC(=O)CCC1=C(C)c2cc3nc(cc4[nH]c(cc5[nH]c(cc1n2)cc5C)c(CC)c4C)C(CC)=C3C. The normalized spacial score (nSPS) is 13.5. The third-order valence-corrected chi connectivity index (χ3v) is 18.7. The molecule has 0 spiro atoms. The van der Waals surface area contributed by atoms with Crippen LogP contribution in [0.5, 0.6) is 0 Å². The van der Waals surface area contributed by atoms with Gasteiger partial charge in [0.25, 0.3) is 0 Å². The summed E-state index contributed by atoms with van der Waals surface area (Å²) in [6.07, 6.45) is 15.8. The van der Waals surface area contributed by atoms with E-state index >= 15 is 0 Å². The first-order valence-corrected chi connectivity index (χ1v) is 32.0. The summed E-state index contributed by atoms with van der Waals surface area (Å²) in [7, 11) is 1.46. The minimum atomic E-state index is -0.231. The summed E-state index contributed by atoms with van der Waals surface area (Å²) in [6.45, 7) is 26.6. The highest BCUT2D eigenvalue weighted by atomic mass is 16.5. The second kappa shape index (κ2) is 26.8. The predicted octanol–water partition coefficient (Wildman–Crippen LogP) is 18.9. The number of allylic oxidation sites excluding steroid dienone is 8. The van der Waals surface area contributed by atoms with E-state index in [1.165, 1.54) is 78.2 Å². The van der Waals surface area contributed by atoms with Crippen molar-refractivity contribution in [3.8, 4) is 0 Å². The molecule has 0 saturated heterocycles. The Bertz CT molecular complexity index is 4130. The molecule has 4 aliphatic heterocycles. The van der Waals surface area contributed by atoms with Gasteiger partial charge in [0.1, 0.15) is 0 Å². The van der Waals surface area contributed by atoms with E-state index in [1.807, 2.05) is 0 Å². The van der Waals surface area contributed by atoms with Gasteiger partial charge in [-0.05, 0) is 258 Å². The molecule has 0 radical (unpaired) electrons. The number of esters is 2. The fourth-order valence-electron chi connectivity index (χ4n) is 13.3. The van der Waals surface area contributed by atoms with Crippen LogP contribution < -0.4 is 0 Å². The van der Waals surface area contributed by atoms with E-state index in [2.05, 4.69) is 158 Å². The fourth-order valence-corrected chi connectivity index (χ4v) is 13.3. The average molecular weight is 1160 g/mol. The number of ether oxygens (including phenoxy) is 2. The van der Waals surface area contributed by atoms with Crippen molar-refractivity contribution >= 4 is 101 Å². The zero-order valence-electron chi connectivity index (χ0n) is 53.6. The number of aromatic nitrogens is 8. The standard InChI is InChI=1S/C74H90N8O4/c1-14-18-20-22-25-53-45(8)62-39-71-55(47(10)63(81-71)38-69-54(26-23-21-19-15-2)46(9)64(80-69)41-72-57(28-30-73(83)85-13)49(12)65(82-72)40-70(53)79-62)27-24-32-86-74(84)31-29-56-48(11)60-36-59-43(6)52(17-4)68(77-59)37-61-44(7)51(16-3)67(78-61)35-58-42(5)33-50(75-58)34-66(56)76-60/h33-41,75,78,80,82H,14-32H2,1-13H3. The summed E-state index contributed by atoms with van der Waals surface area (Å²) in [5, 5.41) is 0. The molecule has 0 saturated carbocycles. The molecule has 0 unspecified atom stereocenters. The molecule has 450 valence electrons. The number of hydrogen-bond donors (Lipinski definition) is 4. The molecule has 12 heteroatoms. The Balaban J connectivity index is 0.964. The Labute approximate surface area is 508 Å². The number of rotatable bonds is 22. The number of unbranched alkanes of at least 4 members (excludes halogenated alkanes) is 6. The second-order valence-electron chi connectivity index (χ2n) is 24.3. The van der Waals surface area contributed by atoms with E-state index in [0.717, 1.165) is 179 Å². The molecule has 4 aliphatic rings. The van der Waals surface area contributed by atoms with Crippen molar-refractivity contribution in [2.75, 3.05) is 13.7 Å². The molecule has 10 heterocycles. The number of nitrogens with zero attached hydrogens (tertiary/aromatic N) is 4. The Kier molecular flexibility index (Phi) is 19.1. The van der Waals surface area contributed by atoms with Crippen molar-refractivity contribution in [2.24, 2.45) is 0 Å². The first-order chi connectivity index (χ1) is 41.5. The number of hydrogen-bond acceptors (Lipinski definition) is 8. The van der Waals surface area contributed by atoms with Crippen LogP contribution >= 0.6 is 0 Å². The highest BCUT2D eigenvalue weighted by Gasteiger charge is 2.25. The van der Waals surface area contributed by atoms with Crippen LogP contribution in [0.1, 0.15) is 236 Å². The number of methoxy groups -OCH3 is 1. The number of carbonyl (C=O) groups excluding carboxylic acids is 2. The van der Waals surface area contributed by atoms with E-state index in [9.17, 15) is 9.59 Å². The smallest absolute Gasteiger partial charge is 0.306 e. The molecule has 0 atom stereocenters. The molecule has 0 aromatic carbocycles. The van der Waals surface area contributed by atoms with Crippen molar-refractivity contribution < 1.29 is 19.1 Å². The lowest BCUT2D eigenvalue weighted by molar-refractivity contribution is -0.143. The van der Waals surface area contributed by atoms with Crippen LogP contribution in [0.25, 0.3) is 88.7 Å². The Hall–Kier alpha value is -7.86. The summed E-state index contributed by atoms with van der Waals surface area (Å²) in [5.41, 5.74) is 33.1. The maximum Gasteiger partial charge on any atom is 0.306 e. The molecule has 4 N–H and O–H groups in total. The van der Waals surface area contributed by atoms with Crippen LogP contribution in [-0.4, -0.2) is 65.5 Å². The van der Waals surface area contributed by atoms with E-state index in [-0.39, 0.29) is 31.4 Å². The third-order valence-electron chi connectivity index (χ3n) is 18.7. The van der Waals surface area contributed by atoms with Gasteiger partial charge in [0.2, 0.25) is 0 Å². The summed E-state index contributed by atoms with van der Waals surface area (Å²) >= 11 is 0. The summed E-state index contributed by atoms with van der Waals surface area (Å²) in [4.78, 5) is 63.0. The monoisotopic (exact) mass is 1150 g/mol. The van der Waals surface area contributed by atoms with Gasteiger partial charge in [0, 0.05) is 57.0 Å². The Morgan fingerprint density at radius 1 is 0.384 bits per heavy atom. The number of aromatic amines is 4.